The summed E-state index contributed by atoms with van der Waals surface area (Å²) in [5.41, 5.74) is 1.80. The number of rotatable bonds is 3. The van der Waals surface area contributed by atoms with E-state index < -0.39 is 0 Å². The fourth-order valence-corrected chi connectivity index (χ4v) is 1.86. The quantitative estimate of drug-likeness (QED) is 0.810. The molecule has 1 heterocycles. The summed E-state index contributed by atoms with van der Waals surface area (Å²) >= 11 is 0. The maximum atomic E-state index is 11.9. The number of carbonyl (C=O) groups is 1. The minimum absolute atomic E-state index is 0.0268. The zero-order chi connectivity index (χ0) is 12.1. The van der Waals surface area contributed by atoms with Crippen LogP contribution in [0.5, 0.6) is 0 Å². The Morgan fingerprint density at radius 1 is 1.59 bits per heavy atom. The minimum atomic E-state index is -0.0268. The summed E-state index contributed by atoms with van der Waals surface area (Å²) in [7, 11) is 0. The van der Waals surface area contributed by atoms with Crippen molar-refractivity contribution in [3.05, 3.63) is 35.4 Å². The van der Waals surface area contributed by atoms with Crippen LogP contribution in [-0.4, -0.2) is 38.3 Å². The van der Waals surface area contributed by atoms with Gasteiger partial charge in [0.15, 0.2) is 0 Å². The lowest BCUT2D eigenvalue weighted by atomic mass is 10.1. The maximum Gasteiger partial charge on any atom is 0.251 e. The molecule has 0 spiro atoms. The van der Waals surface area contributed by atoms with Crippen LogP contribution in [0.4, 0.5) is 0 Å². The molecule has 1 unspecified atom stereocenters. The minimum Gasteiger partial charge on any atom is -0.378 e. The molecule has 0 aromatic heterocycles. The van der Waals surface area contributed by atoms with Gasteiger partial charge in [-0.05, 0) is 19.1 Å². The van der Waals surface area contributed by atoms with E-state index >= 15 is 0 Å². The molecular formula is C13H18N2O2. The highest BCUT2D eigenvalue weighted by molar-refractivity contribution is 5.94. The Kier molecular flexibility index (Phi) is 4.12. The van der Waals surface area contributed by atoms with E-state index in [2.05, 4.69) is 10.6 Å². The highest BCUT2D eigenvalue weighted by atomic mass is 16.5. The number of nitrogens with one attached hydrogen (secondary N) is 2. The summed E-state index contributed by atoms with van der Waals surface area (Å²) in [6.45, 7) is 4.85. The average molecular weight is 234 g/mol. The molecule has 1 saturated heterocycles. The maximum absolute atomic E-state index is 11.9. The van der Waals surface area contributed by atoms with Crippen LogP contribution in [0.3, 0.4) is 0 Å². The Bertz CT molecular complexity index is 387. The summed E-state index contributed by atoms with van der Waals surface area (Å²) < 4.78 is 5.33. The summed E-state index contributed by atoms with van der Waals surface area (Å²) in [6, 6.07) is 7.81. The van der Waals surface area contributed by atoms with E-state index in [1.54, 1.807) is 0 Å². The van der Waals surface area contributed by atoms with Crippen LogP contribution in [0.2, 0.25) is 0 Å². The molecule has 0 radical (unpaired) electrons. The van der Waals surface area contributed by atoms with E-state index in [0.29, 0.717) is 18.7 Å². The average Bonchev–Trinajstić information content (AvgIpc) is 2.37. The molecule has 0 aliphatic carbocycles. The topological polar surface area (TPSA) is 50.4 Å². The molecule has 1 aliphatic rings. The molecule has 4 nitrogen and oxygen atoms in total. The van der Waals surface area contributed by atoms with Crippen molar-refractivity contribution in [2.24, 2.45) is 0 Å². The number of morpholine rings is 1. The van der Waals surface area contributed by atoms with Gasteiger partial charge in [0.1, 0.15) is 0 Å². The van der Waals surface area contributed by atoms with Crippen molar-refractivity contribution in [1.82, 2.24) is 10.6 Å². The van der Waals surface area contributed by atoms with Crippen LogP contribution in [0.1, 0.15) is 15.9 Å². The van der Waals surface area contributed by atoms with Gasteiger partial charge < -0.3 is 15.4 Å². The molecule has 1 aromatic carbocycles. The SMILES string of the molecule is Cc1cccc(C(=O)NCC2COCCN2)c1. The summed E-state index contributed by atoms with van der Waals surface area (Å²) in [6.07, 6.45) is 0. The van der Waals surface area contributed by atoms with Crippen molar-refractivity contribution < 1.29 is 9.53 Å². The Hall–Kier alpha value is -1.39. The van der Waals surface area contributed by atoms with Gasteiger partial charge >= 0.3 is 0 Å². The third kappa shape index (κ3) is 3.54. The zero-order valence-electron chi connectivity index (χ0n) is 10.0. The monoisotopic (exact) mass is 234 g/mol. The Balaban J connectivity index is 1.84. The van der Waals surface area contributed by atoms with Gasteiger partial charge in [0.25, 0.3) is 5.91 Å². The lowest BCUT2D eigenvalue weighted by Crippen LogP contribution is -2.48. The van der Waals surface area contributed by atoms with Crippen molar-refractivity contribution in [2.45, 2.75) is 13.0 Å². The van der Waals surface area contributed by atoms with Crippen molar-refractivity contribution in [2.75, 3.05) is 26.3 Å². The van der Waals surface area contributed by atoms with E-state index in [9.17, 15) is 4.79 Å². The predicted molar refractivity (Wildman–Crippen MR) is 66.1 cm³/mol. The molecule has 4 heteroatoms. The van der Waals surface area contributed by atoms with Gasteiger partial charge in [-0.25, -0.2) is 0 Å². The summed E-state index contributed by atoms with van der Waals surface area (Å²) in [5.74, 6) is -0.0268. The van der Waals surface area contributed by atoms with Crippen LogP contribution in [-0.2, 0) is 4.74 Å². The summed E-state index contributed by atoms with van der Waals surface area (Å²) in [4.78, 5) is 11.9. The lowest BCUT2D eigenvalue weighted by molar-refractivity contribution is 0.0734. The van der Waals surface area contributed by atoms with E-state index in [0.717, 1.165) is 18.7 Å². The molecule has 17 heavy (non-hydrogen) atoms. The van der Waals surface area contributed by atoms with Crippen molar-refractivity contribution >= 4 is 5.91 Å². The Morgan fingerprint density at radius 2 is 2.47 bits per heavy atom. The molecule has 1 atom stereocenters. The largest absolute Gasteiger partial charge is 0.378 e. The van der Waals surface area contributed by atoms with Crippen molar-refractivity contribution in [1.29, 1.82) is 0 Å². The first-order valence-electron chi connectivity index (χ1n) is 5.92. The molecular weight excluding hydrogens is 216 g/mol. The molecule has 1 aromatic rings. The Labute approximate surface area is 101 Å². The van der Waals surface area contributed by atoms with Crippen LogP contribution < -0.4 is 10.6 Å². The molecule has 1 fully saturated rings. The van der Waals surface area contributed by atoms with Gasteiger partial charge in [-0.1, -0.05) is 17.7 Å². The predicted octanol–water partition coefficient (Wildman–Crippen LogP) is 0.713. The first-order chi connectivity index (χ1) is 8.25. The number of ether oxygens (including phenoxy) is 1. The third-order valence-electron chi connectivity index (χ3n) is 2.79. The first-order valence-corrected chi connectivity index (χ1v) is 5.92. The number of hydrogen-bond donors (Lipinski definition) is 2. The van der Waals surface area contributed by atoms with Gasteiger partial charge in [0.2, 0.25) is 0 Å². The Morgan fingerprint density at radius 3 is 3.18 bits per heavy atom. The van der Waals surface area contributed by atoms with Crippen LogP contribution >= 0.6 is 0 Å². The van der Waals surface area contributed by atoms with Gasteiger partial charge in [-0.2, -0.15) is 0 Å². The molecule has 2 rings (SSSR count). The molecule has 2 N–H and O–H groups in total. The number of aryl methyl sites for hydroxylation is 1. The number of hydrogen-bond acceptors (Lipinski definition) is 3. The van der Waals surface area contributed by atoms with Crippen LogP contribution in [0, 0.1) is 6.92 Å². The van der Waals surface area contributed by atoms with E-state index in [1.165, 1.54) is 0 Å². The second-order valence-corrected chi connectivity index (χ2v) is 4.31. The normalized spacial score (nSPS) is 19.9. The van der Waals surface area contributed by atoms with Crippen molar-refractivity contribution in [3.8, 4) is 0 Å². The van der Waals surface area contributed by atoms with Crippen LogP contribution in [0.15, 0.2) is 24.3 Å². The second-order valence-electron chi connectivity index (χ2n) is 4.31. The standard InChI is InChI=1S/C13H18N2O2/c1-10-3-2-4-11(7-10)13(16)15-8-12-9-17-6-5-14-12/h2-4,7,12,14H,5-6,8-9H2,1H3,(H,15,16). The van der Waals surface area contributed by atoms with E-state index in [4.69, 9.17) is 4.74 Å². The van der Waals surface area contributed by atoms with Crippen molar-refractivity contribution in [3.63, 3.8) is 0 Å². The van der Waals surface area contributed by atoms with E-state index in [-0.39, 0.29) is 11.9 Å². The molecule has 1 amide bonds. The van der Waals surface area contributed by atoms with Gasteiger partial charge in [0, 0.05) is 24.7 Å². The van der Waals surface area contributed by atoms with Gasteiger partial charge in [-0.15, -0.1) is 0 Å². The van der Waals surface area contributed by atoms with Gasteiger partial charge in [0.05, 0.1) is 13.2 Å². The zero-order valence-corrected chi connectivity index (χ0v) is 10.0. The van der Waals surface area contributed by atoms with E-state index in [1.807, 2.05) is 31.2 Å². The fraction of sp³-hybridized carbons (Fsp3) is 0.462. The third-order valence-corrected chi connectivity index (χ3v) is 2.79. The second kappa shape index (κ2) is 5.80. The molecule has 0 saturated carbocycles. The number of amides is 1. The first kappa shape index (κ1) is 12.1. The molecule has 92 valence electrons. The summed E-state index contributed by atoms with van der Waals surface area (Å²) in [5, 5.41) is 6.21. The molecule has 1 aliphatic heterocycles. The fourth-order valence-electron chi connectivity index (χ4n) is 1.86. The number of carbonyl (C=O) groups excluding carboxylic acids is 1. The highest BCUT2D eigenvalue weighted by Crippen LogP contribution is 2.03. The molecule has 0 bridgehead atoms. The number of benzene rings is 1. The lowest BCUT2D eigenvalue weighted by Gasteiger charge is -2.23. The van der Waals surface area contributed by atoms with Crippen LogP contribution in [0.25, 0.3) is 0 Å². The smallest absolute Gasteiger partial charge is 0.251 e. The van der Waals surface area contributed by atoms with Gasteiger partial charge in [-0.3, -0.25) is 4.79 Å². The highest BCUT2D eigenvalue weighted by Gasteiger charge is 2.14.